The summed E-state index contributed by atoms with van der Waals surface area (Å²) in [6, 6.07) is 14.4. The van der Waals surface area contributed by atoms with Gasteiger partial charge in [-0.05, 0) is 63.2 Å². The SMILES string of the molecule is C[C@@H](c1nc2ccccc2s1)N(C)CC(=O)Nc1ccc(S(=O)(=O)N2CCCC2)cc1. The van der Waals surface area contributed by atoms with Crippen molar-refractivity contribution in [1.29, 1.82) is 0 Å². The molecule has 0 unspecified atom stereocenters. The Morgan fingerprint density at radius 3 is 2.52 bits per heavy atom. The summed E-state index contributed by atoms with van der Waals surface area (Å²) in [6.45, 7) is 3.37. The molecule has 1 saturated heterocycles. The lowest BCUT2D eigenvalue weighted by Crippen LogP contribution is -2.32. The molecule has 2 aromatic carbocycles. The standard InChI is InChI=1S/C22H26N4O3S2/c1-16(22-24-19-7-3-4-8-20(19)30-22)25(2)15-21(27)23-17-9-11-18(12-10-17)31(28,29)26-13-5-6-14-26/h3-4,7-12,16H,5-6,13-15H2,1-2H3,(H,23,27)/t16-/m0/s1. The van der Waals surface area contributed by atoms with Gasteiger partial charge in [0.15, 0.2) is 0 Å². The van der Waals surface area contributed by atoms with E-state index < -0.39 is 10.0 Å². The first-order valence-electron chi connectivity index (χ1n) is 10.3. The zero-order valence-electron chi connectivity index (χ0n) is 17.6. The van der Waals surface area contributed by atoms with E-state index >= 15 is 0 Å². The Balaban J connectivity index is 1.36. The molecule has 0 saturated carbocycles. The third-order valence-corrected chi connectivity index (χ3v) is 8.68. The Morgan fingerprint density at radius 2 is 1.84 bits per heavy atom. The van der Waals surface area contributed by atoms with Crippen LogP contribution in [0.2, 0.25) is 0 Å². The van der Waals surface area contributed by atoms with Gasteiger partial charge in [0.1, 0.15) is 5.01 Å². The molecule has 164 valence electrons. The number of carbonyl (C=O) groups excluding carboxylic acids is 1. The maximum absolute atomic E-state index is 12.6. The van der Waals surface area contributed by atoms with Crippen molar-refractivity contribution in [3.63, 3.8) is 0 Å². The molecule has 0 aliphatic carbocycles. The number of thiazole rings is 1. The molecule has 1 atom stereocenters. The molecule has 1 aliphatic heterocycles. The van der Waals surface area contributed by atoms with E-state index in [1.54, 1.807) is 35.6 Å². The molecule has 31 heavy (non-hydrogen) atoms. The number of fused-ring (bicyclic) bond motifs is 1. The lowest BCUT2D eigenvalue weighted by molar-refractivity contribution is -0.117. The van der Waals surface area contributed by atoms with Gasteiger partial charge >= 0.3 is 0 Å². The lowest BCUT2D eigenvalue weighted by atomic mass is 10.3. The minimum Gasteiger partial charge on any atom is -0.325 e. The molecular weight excluding hydrogens is 432 g/mol. The predicted octanol–water partition coefficient (Wildman–Crippen LogP) is 3.71. The summed E-state index contributed by atoms with van der Waals surface area (Å²) in [5.74, 6) is -0.161. The van der Waals surface area contributed by atoms with E-state index in [9.17, 15) is 13.2 Å². The van der Waals surface area contributed by atoms with E-state index in [2.05, 4.69) is 10.3 Å². The summed E-state index contributed by atoms with van der Waals surface area (Å²) in [7, 11) is -1.56. The average molecular weight is 459 g/mol. The molecule has 2 heterocycles. The van der Waals surface area contributed by atoms with Gasteiger partial charge < -0.3 is 5.32 Å². The minimum atomic E-state index is -3.45. The van der Waals surface area contributed by atoms with E-state index in [-0.39, 0.29) is 23.4 Å². The van der Waals surface area contributed by atoms with Crippen LogP contribution in [0.25, 0.3) is 10.2 Å². The van der Waals surface area contributed by atoms with Gasteiger partial charge in [-0.3, -0.25) is 9.69 Å². The Kier molecular flexibility index (Phi) is 6.38. The van der Waals surface area contributed by atoms with Crippen LogP contribution >= 0.6 is 11.3 Å². The summed E-state index contributed by atoms with van der Waals surface area (Å²) >= 11 is 1.63. The van der Waals surface area contributed by atoms with Crippen molar-refractivity contribution in [3.05, 3.63) is 53.5 Å². The number of amides is 1. The van der Waals surface area contributed by atoms with Gasteiger partial charge in [0.05, 0.1) is 27.7 Å². The number of rotatable bonds is 7. The van der Waals surface area contributed by atoms with Crippen LogP contribution in [0.15, 0.2) is 53.4 Å². The molecular formula is C22H26N4O3S2. The molecule has 7 nitrogen and oxygen atoms in total. The summed E-state index contributed by atoms with van der Waals surface area (Å²) in [4.78, 5) is 19.4. The average Bonchev–Trinajstić information content (AvgIpc) is 3.43. The van der Waals surface area contributed by atoms with Crippen LogP contribution in [0.4, 0.5) is 5.69 Å². The summed E-state index contributed by atoms with van der Waals surface area (Å²) in [6.07, 6.45) is 1.80. The smallest absolute Gasteiger partial charge is 0.243 e. The molecule has 3 aromatic rings. The fraction of sp³-hybridized carbons (Fsp3) is 0.364. The Bertz CT molecular complexity index is 1140. The van der Waals surface area contributed by atoms with Gasteiger partial charge in [-0.1, -0.05) is 12.1 Å². The van der Waals surface area contributed by atoms with Crippen LogP contribution in [0, 0.1) is 0 Å². The number of aromatic nitrogens is 1. The van der Waals surface area contributed by atoms with Crippen molar-refractivity contribution in [1.82, 2.24) is 14.2 Å². The molecule has 4 rings (SSSR count). The highest BCUT2D eigenvalue weighted by atomic mass is 32.2. The predicted molar refractivity (Wildman–Crippen MR) is 124 cm³/mol. The summed E-state index contributed by atoms with van der Waals surface area (Å²) in [5, 5.41) is 3.81. The van der Waals surface area contributed by atoms with Gasteiger partial charge in [0.25, 0.3) is 0 Å². The second-order valence-corrected chi connectivity index (χ2v) is 10.8. The Labute approximate surface area is 186 Å². The second-order valence-electron chi connectivity index (χ2n) is 7.79. The van der Waals surface area contributed by atoms with Crippen molar-refractivity contribution in [2.75, 3.05) is 32.0 Å². The van der Waals surface area contributed by atoms with Crippen LogP contribution in [0.1, 0.15) is 30.8 Å². The van der Waals surface area contributed by atoms with Crippen molar-refractivity contribution in [2.45, 2.75) is 30.7 Å². The minimum absolute atomic E-state index is 0.00358. The number of nitrogens with one attached hydrogen (secondary N) is 1. The molecule has 0 bridgehead atoms. The Morgan fingerprint density at radius 1 is 1.16 bits per heavy atom. The van der Waals surface area contributed by atoms with E-state index in [0.717, 1.165) is 28.1 Å². The number of benzene rings is 2. The van der Waals surface area contributed by atoms with Crippen LogP contribution in [-0.4, -0.2) is 55.2 Å². The summed E-state index contributed by atoms with van der Waals surface area (Å²) in [5.41, 5.74) is 1.54. The molecule has 0 radical (unpaired) electrons. The lowest BCUT2D eigenvalue weighted by Gasteiger charge is -2.22. The number of para-hydroxylation sites is 1. The first kappa shape index (κ1) is 21.9. The maximum Gasteiger partial charge on any atom is 0.243 e. The fourth-order valence-corrected chi connectivity index (χ4v) is 6.21. The number of nitrogens with zero attached hydrogens (tertiary/aromatic N) is 3. The number of anilines is 1. The first-order chi connectivity index (χ1) is 14.8. The van der Waals surface area contributed by atoms with E-state index in [0.29, 0.717) is 18.8 Å². The molecule has 1 fully saturated rings. The number of hydrogen-bond donors (Lipinski definition) is 1. The molecule has 1 aliphatic rings. The van der Waals surface area contributed by atoms with Crippen LogP contribution < -0.4 is 5.32 Å². The van der Waals surface area contributed by atoms with Gasteiger partial charge in [-0.15, -0.1) is 11.3 Å². The van der Waals surface area contributed by atoms with Crippen molar-refractivity contribution in [3.8, 4) is 0 Å². The number of likely N-dealkylation sites (N-methyl/N-ethyl adjacent to an activating group) is 1. The monoisotopic (exact) mass is 458 g/mol. The molecule has 1 amide bonds. The first-order valence-corrected chi connectivity index (χ1v) is 12.6. The third kappa shape index (κ3) is 4.79. The number of carbonyl (C=O) groups is 1. The van der Waals surface area contributed by atoms with Gasteiger partial charge in [-0.2, -0.15) is 4.31 Å². The van der Waals surface area contributed by atoms with Crippen LogP contribution in [0.3, 0.4) is 0 Å². The molecule has 1 N–H and O–H groups in total. The number of sulfonamides is 1. The van der Waals surface area contributed by atoms with Gasteiger partial charge in [0, 0.05) is 18.8 Å². The molecule has 1 aromatic heterocycles. The maximum atomic E-state index is 12.6. The fourth-order valence-electron chi connectivity index (χ4n) is 3.61. The van der Waals surface area contributed by atoms with Gasteiger partial charge in [-0.25, -0.2) is 13.4 Å². The highest BCUT2D eigenvalue weighted by molar-refractivity contribution is 7.89. The Hall–Kier alpha value is -2.33. The van der Waals surface area contributed by atoms with Crippen molar-refractivity contribution >= 4 is 43.2 Å². The largest absolute Gasteiger partial charge is 0.325 e. The highest BCUT2D eigenvalue weighted by Crippen LogP contribution is 2.28. The van der Waals surface area contributed by atoms with Crippen LogP contribution in [-0.2, 0) is 14.8 Å². The summed E-state index contributed by atoms with van der Waals surface area (Å²) < 4.78 is 27.9. The quantitative estimate of drug-likeness (QED) is 0.584. The third-order valence-electron chi connectivity index (χ3n) is 5.56. The zero-order chi connectivity index (χ0) is 22.0. The van der Waals surface area contributed by atoms with Crippen molar-refractivity contribution < 1.29 is 13.2 Å². The van der Waals surface area contributed by atoms with E-state index in [1.165, 1.54) is 4.31 Å². The van der Waals surface area contributed by atoms with Crippen LogP contribution in [0.5, 0.6) is 0 Å². The van der Waals surface area contributed by atoms with Crippen molar-refractivity contribution in [2.24, 2.45) is 0 Å². The zero-order valence-corrected chi connectivity index (χ0v) is 19.2. The normalized spacial score (nSPS) is 16.1. The van der Waals surface area contributed by atoms with E-state index in [4.69, 9.17) is 0 Å². The van der Waals surface area contributed by atoms with E-state index in [1.807, 2.05) is 43.1 Å². The highest BCUT2D eigenvalue weighted by Gasteiger charge is 2.27. The molecule has 0 spiro atoms. The topological polar surface area (TPSA) is 82.6 Å². The molecule has 9 heteroatoms. The number of hydrogen-bond acceptors (Lipinski definition) is 6. The second kappa shape index (κ2) is 9.04. The van der Waals surface area contributed by atoms with Gasteiger partial charge in [0.2, 0.25) is 15.9 Å².